The lowest BCUT2D eigenvalue weighted by molar-refractivity contribution is -0.0504. The van der Waals surface area contributed by atoms with Crippen LogP contribution >= 0.6 is 0 Å². The molecule has 1 unspecified atom stereocenters. The van der Waals surface area contributed by atoms with Crippen molar-refractivity contribution in [1.82, 2.24) is 15.5 Å². The van der Waals surface area contributed by atoms with Gasteiger partial charge < -0.3 is 25.0 Å². The van der Waals surface area contributed by atoms with Crippen LogP contribution in [0.15, 0.2) is 23.2 Å². The molecular weight excluding hydrogens is 342 g/mol. The Labute approximate surface area is 154 Å². The summed E-state index contributed by atoms with van der Waals surface area (Å²) >= 11 is 0. The monoisotopic (exact) mass is 372 g/mol. The van der Waals surface area contributed by atoms with E-state index in [2.05, 4.69) is 46.2 Å². The first-order valence-corrected chi connectivity index (χ1v) is 8.67. The minimum Gasteiger partial charge on any atom is -0.497 e. The highest BCUT2D eigenvalue weighted by Crippen LogP contribution is 2.25. The van der Waals surface area contributed by atoms with Gasteiger partial charge in [-0.1, -0.05) is 6.92 Å². The number of methoxy groups -OCH3 is 1. The Hall–Kier alpha value is -2.09. The van der Waals surface area contributed by atoms with E-state index in [0.29, 0.717) is 23.3 Å². The van der Waals surface area contributed by atoms with Crippen molar-refractivity contribution in [1.29, 1.82) is 0 Å². The van der Waals surface area contributed by atoms with Gasteiger partial charge in [0.05, 0.1) is 7.11 Å². The quantitative estimate of drug-likeness (QED) is 0.489. The Kier molecular flexibility index (Phi) is 9.72. The van der Waals surface area contributed by atoms with Crippen molar-refractivity contribution in [3.8, 4) is 11.5 Å². The molecule has 0 saturated heterocycles. The van der Waals surface area contributed by atoms with Crippen LogP contribution in [0.2, 0.25) is 0 Å². The van der Waals surface area contributed by atoms with Crippen molar-refractivity contribution in [2.24, 2.45) is 4.99 Å². The van der Waals surface area contributed by atoms with Gasteiger partial charge >= 0.3 is 6.61 Å². The molecule has 0 bridgehead atoms. The summed E-state index contributed by atoms with van der Waals surface area (Å²) in [7, 11) is 5.26. The van der Waals surface area contributed by atoms with E-state index in [1.165, 1.54) is 13.2 Å². The minimum atomic E-state index is -2.88. The number of rotatable bonds is 10. The standard InChI is InChI=1S/C18H30F2N4O2/c1-6-13(2)24(4)10-9-22-18(21-3)23-12-14-11-15(25-5)7-8-16(14)26-17(19)20/h7-8,11,13,17H,6,9-10,12H2,1-5H3,(H2,21,22,23). The molecule has 0 fully saturated rings. The molecule has 1 aromatic rings. The summed E-state index contributed by atoms with van der Waals surface area (Å²) in [6, 6.07) is 5.23. The summed E-state index contributed by atoms with van der Waals surface area (Å²) in [5, 5.41) is 6.32. The van der Waals surface area contributed by atoms with E-state index >= 15 is 0 Å². The van der Waals surface area contributed by atoms with E-state index in [1.54, 1.807) is 19.2 Å². The maximum Gasteiger partial charge on any atom is 0.387 e. The molecule has 0 radical (unpaired) electrons. The van der Waals surface area contributed by atoms with E-state index in [9.17, 15) is 8.78 Å². The highest BCUT2D eigenvalue weighted by atomic mass is 19.3. The highest BCUT2D eigenvalue weighted by Gasteiger charge is 2.12. The average molecular weight is 372 g/mol. The molecule has 0 amide bonds. The molecule has 0 aliphatic rings. The molecule has 0 aliphatic heterocycles. The Balaban J connectivity index is 2.62. The van der Waals surface area contributed by atoms with Crippen molar-refractivity contribution in [3.05, 3.63) is 23.8 Å². The van der Waals surface area contributed by atoms with E-state index in [4.69, 9.17) is 4.74 Å². The molecule has 8 heteroatoms. The predicted octanol–water partition coefficient (Wildman–Crippen LogP) is 2.69. The molecule has 2 N–H and O–H groups in total. The Morgan fingerprint density at radius 1 is 1.31 bits per heavy atom. The van der Waals surface area contributed by atoms with Crippen LogP contribution in [0, 0.1) is 0 Å². The van der Waals surface area contributed by atoms with Crippen molar-refractivity contribution in [3.63, 3.8) is 0 Å². The predicted molar refractivity (Wildman–Crippen MR) is 100 cm³/mol. The van der Waals surface area contributed by atoms with Crippen molar-refractivity contribution < 1.29 is 18.3 Å². The first kappa shape index (κ1) is 22.0. The first-order chi connectivity index (χ1) is 12.4. The lowest BCUT2D eigenvalue weighted by Gasteiger charge is -2.24. The molecule has 1 aromatic carbocycles. The van der Waals surface area contributed by atoms with Crippen LogP contribution in [-0.2, 0) is 6.54 Å². The summed E-state index contributed by atoms with van der Waals surface area (Å²) < 4.78 is 34.9. The number of aliphatic imine (C=N–C) groups is 1. The van der Waals surface area contributed by atoms with Crippen LogP contribution in [-0.4, -0.2) is 57.8 Å². The van der Waals surface area contributed by atoms with Gasteiger partial charge in [0.25, 0.3) is 0 Å². The van der Waals surface area contributed by atoms with Gasteiger partial charge in [0.1, 0.15) is 11.5 Å². The molecular formula is C18H30F2N4O2. The fourth-order valence-corrected chi connectivity index (χ4v) is 2.31. The third-order valence-electron chi connectivity index (χ3n) is 4.25. The number of halogens is 2. The number of ether oxygens (including phenoxy) is 2. The fraction of sp³-hybridized carbons (Fsp3) is 0.611. The van der Waals surface area contributed by atoms with Crippen LogP contribution < -0.4 is 20.1 Å². The van der Waals surface area contributed by atoms with Crippen LogP contribution in [0.5, 0.6) is 11.5 Å². The smallest absolute Gasteiger partial charge is 0.387 e. The summed E-state index contributed by atoms with van der Waals surface area (Å²) in [5.41, 5.74) is 0.560. The molecule has 0 spiro atoms. The number of benzene rings is 1. The summed E-state index contributed by atoms with van der Waals surface area (Å²) in [6.07, 6.45) is 1.09. The second-order valence-electron chi connectivity index (χ2n) is 5.94. The lowest BCUT2D eigenvalue weighted by atomic mass is 10.2. The summed E-state index contributed by atoms with van der Waals surface area (Å²) in [6.45, 7) is 3.33. The van der Waals surface area contributed by atoms with Gasteiger partial charge in [-0.2, -0.15) is 8.78 Å². The van der Waals surface area contributed by atoms with Crippen LogP contribution in [0.1, 0.15) is 25.8 Å². The number of hydrogen-bond donors (Lipinski definition) is 2. The molecule has 0 saturated carbocycles. The van der Waals surface area contributed by atoms with Crippen LogP contribution in [0.4, 0.5) is 8.78 Å². The lowest BCUT2D eigenvalue weighted by Crippen LogP contribution is -2.42. The number of alkyl halides is 2. The third kappa shape index (κ3) is 7.43. The topological polar surface area (TPSA) is 58.1 Å². The number of nitrogens with one attached hydrogen (secondary N) is 2. The number of likely N-dealkylation sites (N-methyl/N-ethyl adjacent to an activating group) is 1. The van der Waals surface area contributed by atoms with Crippen molar-refractivity contribution in [2.45, 2.75) is 39.5 Å². The molecule has 0 aliphatic carbocycles. The molecule has 1 atom stereocenters. The Morgan fingerprint density at radius 2 is 2.04 bits per heavy atom. The minimum absolute atomic E-state index is 0.111. The second kappa shape index (κ2) is 11.5. The highest BCUT2D eigenvalue weighted by molar-refractivity contribution is 5.79. The fourth-order valence-electron chi connectivity index (χ4n) is 2.31. The second-order valence-corrected chi connectivity index (χ2v) is 5.94. The van der Waals surface area contributed by atoms with Crippen molar-refractivity contribution in [2.75, 3.05) is 34.3 Å². The van der Waals surface area contributed by atoms with Crippen LogP contribution in [0.25, 0.3) is 0 Å². The zero-order valence-electron chi connectivity index (χ0n) is 16.2. The number of guanidine groups is 1. The Morgan fingerprint density at radius 3 is 2.62 bits per heavy atom. The van der Waals surface area contributed by atoms with E-state index < -0.39 is 6.61 Å². The van der Waals surface area contributed by atoms with Gasteiger partial charge in [0.15, 0.2) is 5.96 Å². The summed E-state index contributed by atoms with van der Waals surface area (Å²) in [5.74, 6) is 1.27. The third-order valence-corrected chi connectivity index (χ3v) is 4.25. The van der Waals surface area contributed by atoms with Gasteiger partial charge in [-0.05, 0) is 38.6 Å². The maximum atomic E-state index is 12.6. The molecule has 148 valence electrons. The van der Waals surface area contributed by atoms with Crippen LogP contribution in [0.3, 0.4) is 0 Å². The number of nitrogens with zero attached hydrogens (tertiary/aromatic N) is 2. The van der Waals surface area contributed by atoms with E-state index in [-0.39, 0.29) is 12.3 Å². The van der Waals surface area contributed by atoms with Gasteiger partial charge in [0, 0.05) is 38.3 Å². The van der Waals surface area contributed by atoms with Gasteiger partial charge in [-0.25, -0.2) is 0 Å². The number of hydrogen-bond acceptors (Lipinski definition) is 4. The van der Waals surface area contributed by atoms with Crippen molar-refractivity contribution >= 4 is 5.96 Å². The zero-order valence-corrected chi connectivity index (χ0v) is 16.2. The molecule has 26 heavy (non-hydrogen) atoms. The van der Waals surface area contributed by atoms with E-state index in [1.807, 2.05) is 0 Å². The maximum absolute atomic E-state index is 12.6. The molecule has 0 aromatic heterocycles. The SMILES string of the molecule is CCC(C)N(C)CCNC(=NC)NCc1cc(OC)ccc1OC(F)F. The van der Waals surface area contributed by atoms with Gasteiger partial charge in [-0.3, -0.25) is 4.99 Å². The molecule has 1 rings (SSSR count). The normalized spacial score (nSPS) is 13.0. The zero-order chi connectivity index (χ0) is 19.5. The average Bonchev–Trinajstić information content (AvgIpc) is 2.63. The van der Waals surface area contributed by atoms with E-state index in [0.717, 1.165) is 19.5 Å². The molecule has 0 heterocycles. The largest absolute Gasteiger partial charge is 0.497 e. The summed E-state index contributed by atoms with van der Waals surface area (Å²) in [4.78, 5) is 6.41. The molecule has 6 nitrogen and oxygen atoms in total. The Bertz CT molecular complexity index is 570. The van der Waals surface area contributed by atoms with Gasteiger partial charge in [0.2, 0.25) is 0 Å². The first-order valence-electron chi connectivity index (χ1n) is 8.67. The van der Waals surface area contributed by atoms with Gasteiger partial charge in [-0.15, -0.1) is 0 Å².